The lowest BCUT2D eigenvalue weighted by Gasteiger charge is -2.18. The van der Waals surface area contributed by atoms with Crippen molar-refractivity contribution in [1.29, 1.82) is 0 Å². The lowest BCUT2D eigenvalue weighted by atomic mass is 10.1. The number of hydrogen-bond donors (Lipinski definition) is 0. The predicted molar refractivity (Wildman–Crippen MR) is 307 cm³/mol. The van der Waals surface area contributed by atoms with Crippen LogP contribution in [-0.2, 0) is 28.6 Å². The van der Waals surface area contributed by atoms with Crippen molar-refractivity contribution in [2.75, 3.05) is 13.2 Å². The third-order valence-electron chi connectivity index (χ3n) is 13.5. The van der Waals surface area contributed by atoms with Crippen LogP contribution in [0.4, 0.5) is 0 Å². The maximum atomic E-state index is 12.9. The maximum Gasteiger partial charge on any atom is 0.306 e. The summed E-state index contributed by atoms with van der Waals surface area (Å²) in [6.45, 7) is 6.60. The van der Waals surface area contributed by atoms with Gasteiger partial charge in [0.1, 0.15) is 13.2 Å². The van der Waals surface area contributed by atoms with E-state index in [1.807, 2.05) is 0 Å². The van der Waals surface area contributed by atoms with E-state index < -0.39 is 6.10 Å². The van der Waals surface area contributed by atoms with Crippen LogP contribution in [0.15, 0.2) is 60.8 Å². The molecule has 0 fully saturated rings. The number of unbranched alkanes of at least 4 members (excludes halogenated alkanes) is 35. The average Bonchev–Trinajstić information content (AvgIpc) is 3.37. The number of rotatable bonds is 56. The molecule has 0 aliphatic carbocycles. The van der Waals surface area contributed by atoms with Gasteiger partial charge in [0, 0.05) is 19.3 Å². The van der Waals surface area contributed by atoms with Crippen LogP contribution < -0.4 is 0 Å². The molecule has 0 aliphatic heterocycles. The van der Waals surface area contributed by atoms with E-state index in [0.717, 1.165) is 70.6 Å². The van der Waals surface area contributed by atoms with Gasteiger partial charge in [-0.1, -0.05) is 248 Å². The zero-order valence-electron chi connectivity index (χ0n) is 47.2. The predicted octanol–water partition coefficient (Wildman–Crippen LogP) is 20.8. The minimum Gasteiger partial charge on any atom is -0.462 e. The van der Waals surface area contributed by atoms with Crippen LogP contribution >= 0.6 is 0 Å². The first kappa shape index (κ1) is 68.1. The number of hydrogen-bond acceptors (Lipinski definition) is 6. The molecule has 0 aromatic carbocycles. The van der Waals surface area contributed by atoms with Gasteiger partial charge in [-0.15, -0.1) is 0 Å². The fourth-order valence-electron chi connectivity index (χ4n) is 8.79. The van der Waals surface area contributed by atoms with E-state index in [0.29, 0.717) is 19.3 Å². The molecule has 6 nitrogen and oxygen atoms in total. The van der Waals surface area contributed by atoms with E-state index in [4.69, 9.17) is 14.2 Å². The molecule has 0 heterocycles. The second kappa shape index (κ2) is 59.7. The van der Waals surface area contributed by atoms with Crippen molar-refractivity contribution in [3.05, 3.63) is 60.8 Å². The molecule has 0 amide bonds. The van der Waals surface area contributed by atoms with Gasteiger partial charge in [0.2, 0.25) is 0 Å². The molecule has 412 valence electrons. The zero-order valence-corrected chi connectivity index (χ0v) is 47.2. The molecule has 0 bridgehead atoms. The third-order valence-corrected chi connectivity index (χ3v) is 13.5. The van der Waals surface area contributed by atoms with Gasteiger partial charge >= 0.3 is 17.9 Å². The van der Waals surface area contributed by atoms with Crippen molar-refractivity contribution >= 4 is 17.9 Å². The van der Waals surface area contributed by atoms with Gasteiger partial charge in [0.25, 0.3) is 0 Å². The van der Waals surface area contributed by atoms with Crippen LogP contribution in [0.25, 0.3) is 0 Å². The van der Waals surface area contributed by atoms with Crippen LogP contribution in [-0.4, -0.2) is 37.2 Å². The molecular weight excluding hydrogens is 877 g/mol. The number of allylic oxidation sites excluding steroid dienone is 10. The molecule has 6 heteroatoms. The molecular formula is C65H116O6. The first-order valence-electron chi connectivity index (χ1n) is 30.8. The van der Waals surface area contributed by atoms with Gasteiger partial charge in [-0.05, 0) is 109 Å². The Labute approximate surface area is 440 Å². The van der Waals surface area contributed by atoms with E-state index in [1.54, 1.807) is 0 Å². The van der Waals surface area contributed by atoms with Crippen LogP contribution in [0.1, 0.15) is 316 Å². The van der Waals surface area contributed by atoms with Crippen LogP contribution in [0, 0.1) is 0 Å². The Bertz CT molecular complexity index is 1280. The first-order valence-corrected chi connectivity index (χ1v) is 30.8. The molecule has 0 aromatic rings. The number of carbonyl (C=O) groups is 3. The average molecular weight is 994 g/mol. The van der Waals surface area contributed by atoms with Gasteiger partial charge < -0.3 is 14.2 Å². The van der Waals surface area contributed by atoms with Gasteiger partial charge in [-0.25, -0.2) is 0 Å². The Morgan fingerprint density at radius 1 is 0.282 bits per heavy atom. The summed E-state index contributed by atoms with van der Waals surface area (Å²) in [5.74, 6) is -0.876. The summed E-state index contributed by atoms with van der Waals surface area (Å²) in [5, 5.41) is 0. The van der Waals surface area contributed by atoms with Gasteiger partial charge in [0.15, 0.2) is 6.10 Å². The molecule has 71 heavy (non-hydrogen) atoms. The van der Waals surface area contributed by atoms with Crippen molar-refractivity contribution in [2.45, 2.75) is 322 Å². The summed E-state index contributed by atoms with van der Waals surface area (Å²) < 4.78 is 16.9. The minimum atomic E-state index is -0.780. The van der Waals surface area contributed by atoms with E-state index in [9.17, 15) is 14.4 Å². The molecule has 0 radical (unpaired) electrons. The Balaban J connectivity index is 4.37. The topological polar surface area (TPSA) is 78.9 Å². The zero-order chi connectivity index (χ0) is 51.4. The second-order valence-corrected chi connectivity index (χ2v) is 20.6. The Morgan fingerprint density at radius 2 is 0.507 bits per heavy atom. The molecule has 1 atom stereocenters. The van der Waals surface area contributed by atoms with Crippen LogP contribution in [0.2, 0.25) is 0 Å². The number of carbonyl (C=O) groups excluding carboxylic acids is 3. The van der Waals surface area contributed by atoms with Crippen LogP contribution in [0.5, 0.6) is 0 Å². The van der Waals surface area contributed by atoms with Crippen molar-refractivity contribution in [1.82, 2.24) is 0 Å². The van der Waals surface area contributed by atoms with E-state index in [1.165, 1.54) is 205 Å². The van der Waals surface area contributed by atoms with Crippen molar-refractivity contribution < 1.29 is 28.6 Å². The van der Waals surface area contributed by atoms with E-state index in [2.05, 4.69) is 81.5 Å². The monoisotopic (exact) mass is 993 g/mol. The van der Waals surface area contributed by atoms with Gasteiger partial charge in [-0.3, -0.25) is 14.4 Å². The highest BCUT2D eigenvalue weighted by atomic mass is 16.6. The standard InChI is InChI=1S/C65H116O6/c1-4-7-10-13-16-19-22-25-28-30-32-34-37-40-43-46-49-52-55-58-64(67)70-61-62(60-69-63(66)57-54-51-48-45-42-39-36-27-24-21-18-15-12-9-6-3)71-65(68)59-56-53-50-47-44-41-38-35-33-31-29-26-23-20-17-14-11-8-5-2/h16-17,19-21,24-26,28-29,62H,4-15,18,22-23,27,30-61H2,1-3H3/b19-16-,20-17-,24-21-,28-25-,29-26-/t62-/m0/s1. The molecule has 0 spiro atoms. The second-order valence-electron chi connectivity index (χ2n) is 20.6. The third kappa shape index (κ3) is 57.9. The largest absolute Gasteiger partial charge is 0.462 e. The van der Waals surface area contributed by atoms with Gasteiger partial charge in [-0.2, -0.15) is 0 Å². The van der Waals surface area contributed by atoms with E-state index >= 15 is 0 Å². The molecule has 0 unspecified atom stereocenters. The van der Waals surface area contributed by atoms with Crippen molar-refractivity contribution in [2.24, 2.45) is 0 Å². The Morgan fingerprint density at radius 3 is 0.817 bits per heavy atom. The smallest absolute Gasteiger partial charge is 0.306 e. The maximum absolute atomic E-state index is 12.9. The summed E-state index contributed by atoms with van der Waals surface area (Å²) in [7, 11) is 0. The molecule has 0 rings (SSSR count). The lowest BCUT2D eigenvalue weighted by molar-refractivity contribution is -0.167. The van der Waals surface area contributed by atoms with Crippen LogP contribution in [0.3, 0.4) is 0 Å². The van der Waals surface area contributed by atoms with Gasteiger partial charge in [0.05, 0.1) is 0 Å². The van der Waals surface area contributed by atoms with E-state index in [-0.39, 0.29) is 31.1 Å². The quantitative estimate of drug-likeness (QED) is 0.0261. The molecule has 0 N–H and O–H groups in total. The van der Waals surface area contributed by atoms with Crippen molar-refractivity contribution in [3.8, 4) is 0 Å². The fraction of sp³-hybridized carbons (Fsp3) is 0.800. The SMILES string of the molecule is CCCCC/C=C\C/C=C\CCCCCCCCCCCC(=O)OC[C@H](COC(=O)CCCCCCCCC/C=C\CCCCCC)OC(=O)CCCCCCCCCCC/C=C\C/C=C\CCCCC. The molecule has 0 aliphatic rings. The Kier molecular flexibility index (Phi) is 57.2. The first-order chi connectivity index (χ1) is 35.0. The highest BCUT2D eigenvalue weighted by molar-refractivity contribution is 5.71. The summed E-state index contributed by atoms with van der Waals surface area (Å²) in [6.07, 6.45) is 74.9. The highest BCUT2D eigenvalue weighted by Gasteiger charge is 2.19. The lowest BCUT2D eigenvalue weighted by Crippen LogP contribution is -2.30. The highest BCUT2D eigenvalue weighted by Crippen LogP contribution is 2.16. The number of ether oxygens (including phenoxy) is 3. The number of esters is 3. The van der Waals surface area contributed by atoms with Crippen molar-refractivity contribution in [3.63, 3.8) is 0 Å². The summed E-state index contributed by atoms with van der Waals surface area (Å²) >= 11 is 0. The summed E-state index contributed by atoms with van der Waals surface area (Å²) in [4.78, 5) is 38.3. The molecule has 0 aromatic heterocycles. The summed E-state index contributed by atoms with van der Waals surface area (Å²) in [6, 6.07) is 0. The minimum absolute atomic E-state index is 0.0780. The molecule has 0 saturated heterocycles. The Hall–Kier alpha value is -2.89. The fourth-order valence-corrected chi connectivity index (χ4v) is 8.79. The normalized spacial score (nSPS) is 12.4. The molecule has 0 saturated carbocycles. The summed E-state index contributed by atoms with van der Waals surface area (Å²) in [5.41, 5.74) is 0.